The van der Waals surface area contributed by atoms with Gasteiger partial charge in [0.05, 0.1) is 0 Å². The van der Waals surface area contributed by atoms with Gasteiger partial charge in [0.2, 0.25) is 0 Å². The Morgan fingerprint density at radius 3 is 1.93 bits per heavy atom. The van der Waals surface area contributed by atoms with Crippen LogP contribution in [0.15, 0.2) is 18.2 Å². The Morgan fingerprint density at radius 1 is 0.815 bits per heavy atom. The van der Waals surface area contributed by atoms with E-state index in [0.29, 0.717) is 24.3 Å². The van der Waals surface area contributed by atoms with E-state index in [9.17, 15) is 9.59 Å². The monoisotopic (exact) mass is 376 g/mol. The van der Waals surface area contributed by atoms with Crippen molar-refractivity contribution in [2.75, 3.05) is 0 Å². The first kappa shape index (κ1) is 23.2. The van der Waals surface area contributed by atoms with Crippen molar-refractivity contribution in [3.63, 3.8) is 0 Å². The molecule has 0 amide bonds. The molecular formula is C23H36O4. The Kier molecular flexibility index (Phi) is 10.8. The van der Waals surface area contributed by atoms with Gasteiger partial charge in [0, 0.05) is 12.8 Å². The van der Waals surface area contributed by atoms with Crippen LogP contribution in [0.3, 0.4) is 0 Å². The van der Waals surface area contributed by atoms with Crippen LogP contribution in [0.5, 0.6) is 11.5 Å². The minimum Gasteiger partial charge on any atom is -0.423 e. The molecule has 0 bridgehead atoms. The number of rotatable bonds is 12. The third kappa shape index (κ3) is 10.2. The minimum absolute atomic E-state index is 0.214. The number of ether oxygens (including phenoxy) is 2. The number of carbonyl (C=O) groups is 2. The number of benzene rings is 1. The van der Waals surface area contributed by atoms with E-state index in [2.05, 4.69) is 6.92 Å². The Hall–Kier alpha value is -1.84. The van der Waals surface area contributed by atoms with E-state index in [0.717, 1.165) is 18.4 Å². The van der Waals surface area contributed by atoms with Gasteiger partial charge in [-0.3, -0.25) is 9.59 Å². The molecule has 27 heavy (non-hydrogen) atoms. The van der Waals surface area contributed by atoms with Gasteiger partial charge >= 0.3 is 11.9 Å². The molecule has 4 nitrogen and oxygen atoms in total. The lowest BCUT2D eigenvalue weighted by molar-refractivity contribution is -0.138. The molecule has 0 aliphatic carbocycles. The van der Waals surface area contributed by atoms with E-state index in [1.54, 1.807) is 6.07 Å². The minimum atomic E-state index is -0.307. The second kappa shape index (κ2) is 12.5. The third-order valence-corrected chi connectivity index (χ3v) is 4.17. The van der Waals surface area contributed by atoms with Gasteiger partial charge in [0.15, 0.2) is 11.5 Å². The van der Waals surface area contributed by atoms with Gasteiger partial charge < -0.3 is 9.47 Å². The van der Waals surface area contributed by atoms with Gasteiger partial charge in [-0.25, -0.2) is 0 Å². The SMILES string of the molecule is CCCCCCCc1ccc(OC(=O)CC(C)C)c(OC(=O)CC(C)C)c1. The zero-order valence-corrected chi connectivity index (χ0v) is 17.7. The molecule has 0 unspecified atom stereocenters. The van der Waals surface area contributed by atoms with Gasteiger partial charge in [0.1, 0.15) is 0 Å². The zero-order valence-electron chi connectivity index (χ0n) is 17.7. The van der Waals surface area contributed by atoms with Crippen LogP contribution in [0.25, 0.3) is 0 Å². The van der Waals surface area contributed by atoms with Gasteiger partial charge in [0.25, 0.3) is 0 Å². The maximum atomic E-state index is 12.1. The highest BCUT2D eigenvalue weighted by atomic mass is 16.6. The van der Waals surface area contributed by atoms with Crippen LogP contribution in [0.4, 0.5) is 0 Å². The molecule has 0 atom stereocenters. The smallest absolute Gasteiger partial charge is 0.311 e. The fourth-order valence-corrected chi connectivity index (χ4v) is 2.80. The summed E-state index contributed by atoms with van der Waals surface area (Å²) in [5, 5.41) is 0. The summed E-state index contributed by atoms with van der Waals surface area (Å²) in [7, 11) is 0. The number of hydrogen-bond acceptors (Lipinski definition) is 4. The van der Waals surface area contributed by atoms with Crippen molar-refractivity contribution in [2.24, 2.45) is 11.8 Å². The number of esters is 2. The molecule has 0 heterocycles. The molecule has 4 heteroatoms. The summed E-state index contributed by atoms with van der Waals surface area (Å²) in [4.78, 5) is 24.2. The Morgan fingerprint density at radius 2 is 1.37 bits per heavy atom. The molecule has 1 rings (SSSR count). The summed E-state index contributed by atoms with van der Waals surface area (Å²) in [6.07, 6.45) is 7.64. The number of unbranched alkanes of at least 4 members (excludes halogenated alkanes) is 4. The van der Waals surface area contributed by atoms with E-state index < -0.39 is 0 Å². The quantitative estimate of drug-likeness (QED) is 0.251. The van der Waals surface area contributed by atoms with Gasteiger partial charge in [-0.15, -0.1) is 0 Å². The highest BCUT2D eigenvalue weighted by molar-refractivity contribution is 5.76. The molecule has 0 aliphatic rings. The van der Waals surface area contributed by atoms with Crippen LogP contribution in [0, 0.1) is 11.8 Å². The van der Waals surface area contributed by atoms with Crippen molar-refractivity contribution in [1.29, 1.82) is 0 Å². The van der Waals surface area contributed by atoms with Crippen LogP contribution < -0.4 is 9.47 Å². The number of aryl methyl sites for hydroxylation is 1. The van der Waals surface area contributed by atoms with E-state index in [-0.39, 0.29) is 23.8 Å². The lowest BCUT2D eigenvalue weighted by Gasteiger charge is -2.13. The van der Waals surface area contributed by atoms with Crippen molar-refractivity contribution < 1.29 is 19.1 Å². The first-order chi connectivity index (χ1) is 12.8. The molecule has 0 aromatic heterocycles. The van der Waals surface area contributed by atoms with E-state index in [4.69, 9.17) is 9.47 Å². The fourth-order valence-electron chi connectivity index (χ4n) is 2.80. The van der Waals surface area contributed by atoms with Crippen molar-refractivity contribution in [3.05, 3.63) is 23.8 Å². The van der Waals surface area contributed by atoms with Crippen molar-refractivity contribution in [1.82, 2.24) is 0 Å². The van der Waals surface area contributed by atoms with Crippen LogP contribution in [0.2, 0.25) is 0 Å². The van der Waals surface area contributed by atoms with E-state index >= 15 is 0 Å². The van der Waals surface area contributed by atoms with Gasteiger partial charge in [-0.1, -0.05) is 66.4 Å². The molecule has 0 spiro atoms. The lowest BCUT2D eigenvalue weighted by Crippen LogP contribution is -2.14. The summed E-state index contributed by atoms with van der Waals surface area (Å²) in [6.45, 7) is 10.1. The van der Waals surface area contributed by atoms with Crippen molar-refractivity contribution in [3.8, 4) is 11.5 Å². The molecule has 0 radical (unpaired) electrons. The Bertz CT molecular complexity index is 590. The van der Waals surface area contributed by atoms with Crippen LogP contribution in [-0.4, -0.2) is 11.9 Å². The molecule has 1 aromatic carbocycles. The van der Waals surface area contributed by atoms with Gasteiger partial charge in [-0.05, 0) is 42.4 Å². The summed E-state index contributed by atoms with van der Waals surface area (Å²) in [6, 6.07) is 5.55. The molecular weight excluding hydrogens is 340 g/mol. The largest absolute Gasteiger partial charge is 0.423 e. The second-order valence-electron chi connectivity index (χ2n) is 8.09. The number of hydrogen-bond donors (Lipinski definition) is 0. The highest BCUT2D eigenvalue weighted by Gasteiger charge is 2.16. The maximum absolute atomic E-state index is 12.1. The van der Waals surface area contributed by atoms with E-state index in [1.807, 2.05) is 39.8 Å². The third-order valence-electron chi connectivity index (χ3n) is 4.17. The predicted molar refractivity (Wildman–Crippen MR) is 109 cm³/mol. The lowest BCUT2D eigenvalue weighted by atomic mass is 10.0. The average Bonchev–Trinajstić information content (AvgIpc) is 2.55. The summed E-state index contributed by atoms with van der Waals surface area (Å²) in [5.41, 5.74) is 1.10. The zero-order chi connectivity index (χ0) is 20.2. The molecule has 0 fully saturated rings. The Balaban J connectivity index is 2.83. The molecule has 0 saturated heterocycles. The number of carbonyl (C=O) groups excluding carboxylic acids is 2. The fraction of sp³-hybridized carbons (Fsp3) is 0.652. The van der Waals surface area contributed by atoms with Crippen molar-refractivity contribution in [2.45, 2.75) is 86.0 Å². The van der Waals surface area contributed by atoms with Crippen molar-refractivity contribution >= 4 is 11.9 Å². The second-order valence-corrected chi connectivity index (χ2v) is 8.09. The summed E-state index contributed by atoms with van der Waals surface area (Å²) < 4.78 is 11.0. The van der Waals surface area contributed by atoms with E-state index in [1.165, 1.54) is 25.7 Å². The normalized spacial score (nSPS) is 11.1. The Labute approximate surface area is 164 Å². The van der Waals surface area contributed by atoms with Crippen LogP contribution >= 0.6 is 0 Å². The molecule has 0 saturated carbocycles. The predicted octanol–water partition coefficient (Wildman–Crippen LogP) is 6.10. The summed E-state index contributed by atoms with van der Waals surface area (Å²) in [5.74, 6) is 0.499. The molecule has 0 N–H and O–H groups in total. The average molecular weight is 377 g/mol. The first-order valence-corrected chi connectivity index (χ1v) is 10.4. The van der Waals surface area contributed by atoms with Gasteiger partial charge in [-0.2, -0.15) is 0 Å². The topological polar surface area (TPSA) is 52.6 Å². The first-order valence-electron chi connectivity index (χ1n) is 10.4. The van der Waals surface area contributed by atoms with Crippen LogP contribution in [0.1, 0.15) is 85.1 Å². The standard InChI is InChI=1S/C23H36O4/c1-6-7-8-9-10-11-19-12-13-20(26-22(24)14-17(2)3)21(16-19)27-23(25)15-18(4)5/h12-13,16-18H,6-11,14-15H2,1-5H3. The molecule has 152 valence electrons. The highest BCUT2D eigenvalue weighted by Crippen LogP contribution is 2.30. The molecule has 0 aliphatic heterocycles. The summed E-state index contributed by atoms with van der Waals surface area (Å²) >= 11 is 0. The molecule has 1 aromatic rings. The maximum Gasteiger partial charge on any atom is 0.311 e. The van der Waals surface area contributed by atoms with Crippen LogP contribution in [-0.2, 0) is 16.0 Å².